The third-order valence-corrected chi connectivity index (χ3v) is 14.1. The molecular weight excluding hydrogens is 669 g/mol. The molecule has 4 aromatic carbocycles. The molecule has 0 aliphatic rings. The fourth-order valence-corrected chi connectivity index (χ4v) is 11.9. The van der Waals surface area contributed by atoms with Crippen molar-refractivity contribution in [2.24, 2.45) is 0 Å². The number of hydrogen-bond acceptors (Lipinski definition) is 6. The van der Waals surface area contributed by atoms with Crippen LogP contribution < -0.4 is 0 Å². The van der Waals surface area contributed by atoms with Crippen LogP contribution in [-0.4, -0.2) is 9.13 Å². The van der Waals surface area contributed by atoms with Crippen LogP contribution in [-0.2, 0) is 0 Å². The predicted molar refractivity (Wildman–Crippen MR) is 207 cm³/mol. The molecule has 0 unspecified atom stereocenters. The molecule has 8 heterocycles. The van der Waals surface area contributed by atoms with Crippen molar-refractivity contribution in [3.63, 3.8) is 0 Å². The molecule has 0 aliphatic carbocycles. The SMILES string of the molecule is c1ccc2c(c1)oc1ccc(-n3c4ccsc4c4sc(-c5cc6c(s5)c5sccc5n6-c5ccc6oc7ccccc7c6c5)cc43)cc12. The lowest BCUT2D eigenvalue weighted by molar-refractivity contribution is 0.668. The molecule has 0 amide bonds. The normalized spacial score (nSPS) is 12.6. The largest absolute Gasteiger partial charge is 0.456 e. The van der Waals surface area contributed by atoms with E-state index in [1.54, 1.807) is 0 Å². The van der Waals surface area contributed by atoms with Crippen molar-refractivity contribution in [3.8, 4) is 21.1 Å². The van der Waals surface area contributed by atoms with Gasteiger partial charge in [-0.05, 0) is 83.6 Å². The Morgan fingerprint density at radius 1 is 0.396 bits per heavy atom. The number of rotatable bonds is 3. The van der Waals surface area contributed by atoms with Gasteiger partial charge >= 0.3 is 0 Å². The van der Waals surface area contributed by atoms with E-state index in [9.17, 15) is 0 Å². The number of furan rings is 2. The summed E-state index contributed by atoms with van der Waals surface area (Å²) in [7, 11) is 0. The fraction of sp³-hybridized carbons (Fsp3) is 0. The zero-order valence-corrected chi connectivity index (χ0v) is 28.2. The Labute approximate surface area is 287 Å². The Balaban J connectivity index is 1.05. The van der Waals surface area contributed by atoms with Crippen LogP contribution in [0, 0.1) is 0 Å². The Kier molecular flexibility index (Phi) is 5.00. The minimum absolute atomic E-state index is 0.918. The summed E-state index contributed by atoms with van der Waals surface area (Å²) >= 11 is 7.46. The van der Waals surface area contributed by atoms with Crippen molar-refractivity contribution in [1.29, 1.82) is 0 Å². The van der Waals surface area contributed by atoms with Crippen LogP contribution in [0.1, 0.15) is 0 Å². The maximum absolute atomic E-state index is 6.16. The highest BCUT2D eigenvalue weighted by atomic mass is 32.1. The Bertz CT molecular complexity index is 3040. The molecule has 0 saturated carbocycles. The smallest absolute Gasteiger partial charge is 0.135 e. The maximum atomic E-state index is 6.16. The summed E-state index contributed by atoms with van der Waals surface area (Å²) in [5.41, 5.74) is 11.0. The van der Waals surface area contributed by atoms with Crippen LogP contribution in [0.2, 0.25) is 0 Å². The molecule has 226 valence electrons. The number of nitrogens with zero attached hydrogens (tertiary/aromatic N) is 2. The van der Waals surface area contributed by atoms with Gasteiger partial charge in [-0.15, -0.1) is 45.3 Å². The van der Waals surface area contributed by atoms with Gasteiger partial charge < -0.3 is 18.0 Å². The lowest BCUT2D eigenvalue weighted by Gasteiger charge is -2.06. The molecule has 4 nitrogen and oxygen atoms in total. The first-order valence-electron chi connectivity index (χ1n) is 15.6. The zero-order chi connectivity index (χ0) is 31.1. The summed E-state index contributed by atoms with van der Waals surface area (Å²) in [6.07, 6.45) is 0. The molecule has 0 fully saturated rings. The predicted octanol–water partition coefficient (Wildman–Crippen LogP) is 13.6. The summed E-state index contributed by atoms with van der Waals surface area (Å²) in [4.78, 5) is 2.60. The molecule has 8 aromatic heterocycles. The Morgan fingerprint density at radius 3 is 1.35 bits per heavy atom. The van der Waals surface area contributed by atoms with E-state index in [4.69, 9.17) is 8.83 Å². The Morgan fingerprint density at radius 2 is 0.854 bits per heavy atom. The number of hydrogen-bond donors (Lipinski definition) is 0. The van der Waals surface area contributed by atoms with Crippen molar-refractivity contribution in [2.45, 2.75) is 0 Å². The second-order valence-corrected chi connectivity index (χ2v) is 16.1. The third kappa shape index (κ3) is 3.37. The molecule has 8 heteroatoms. The highest BCUT2D eigenvalue weighted by Gasteiger charge is 2.22. The molecule has 0 bridgehead atoms. The monoisotopic (exact) mass is 688 g/mol. The number of aromatic nitrogens is 2. The molecule has 0 radical (unpaired) electrons. The summed E-state index contributed by atoms with van der Waals surface area (Å²) < 4.78 is 22.5. The summed E-state index contributed by atoms with van der Waals surface area (Å²) in [5.74, 6) is 0. The summed E-state index contributed by atoms with van der Waals surface area (Å²) in [6.45, 7) is 0. The van der Waals surface area contributed by atoms with Crippen LogP contribution in [0.25, 0.3) is 106 Å². The van der Waals surface area contributed by atoms with Crippen LogP contribution >= 0.6 is 45.3 Å². The van der Waals surface area contributed by atoms with E-state index in [2.05, 4.69) is 105 Å². The topological polar surface area (TPSA) is 36.1 Å². The van der Waals surface area contributed by atoms with Crippen molar-refractivity contribution in [3.05, 3.63) is 120 Å². The molecule has 12 rings (SSSR count). The van der Waals surface area contributed by atoms with E-state index in [0.717, 1.165) is 55.3 Å². The second-order valence-electron chi connectivity index (χ2n) is 12.1. The van der Waals surface area contributed by atoms with E-state index in [1.807, 2.05) is 69.6 Å². The maximum Gasteiger partial charge on any atom is 0.135 e. The summed E-state index contributed by atoms with van der Waals surface area (Å²) in [5, 5.41) is 9.01. The van der Waals surface area contributed by atoms with Gasteiger partial charge in [0.2, 0.25) is 0 Å². The second kappa shape index (κ2) is 9.27. The first kappa shape index (κ1) is 25.9. The van der Waals surface area contributed by atoms with Gasteiger partial charge in [-0.2, -0.15) is 0 Å². The number of benzene rings is 4. The molecule has 48 heavy (non-hydrogen) atoms. The van der Waals surface area contributed by atoms with E-state index in [0.29, 0.717) is 0 Å². The highest BCUT2D eigenvalue weighted by molar-refractivity contribution is 7.33. The van der Waals surface area contributed by atoms with Gasteiger partial charge in [-0.1, -0.05) is 36.4 Å². The van der Waals surface area contributed by atoms with Gasteiger partial charge in [-0.3, -0.25) is 0 Å². The van der Waals surface area contributed by atoms with Gasteiger partial charge in [-0.25, -0.2) is 0 Å². The van der Waals surface area contributed by atoms with Crippen molar-refractivity contribution < 1.29 is 8.83 Å². The number of fused-ring (bicyclic) bond motifs is 12. The standard InChI is InChI=1S/C40H20N2O2S4/c1-3-7-31-23(5-1)25-17-21(9-11-33(25)43-31)41-27-13-15-45-37(27)39-29(41)19-35(47-39)36-20-30-40(48-36)38-28(14-16-46-38)42(30)22-10-12-34-26(18-22)24-6-2-4-8-32(24)44-34/h1-20H. The lowest BCUT2D eigenvalue weighted by Crippen LogP contribution is -1.92. The van der Waals surface area contributed by atoms with E-state index >= 15 is 0 Å². The van der Waals surface area contributed by atoms with Gasteiger partial charge in [0.1, 0.15) is 22.3 Å². The van der Waals surface area contributed by atoms with Crippen molar-refractivity contribution in [2.75, 3.05) is 0 Å². The number of para-hydroxylation sites is 2. The van der Waals surface area contributed by atoms with Gasteiger partial charge in [0, 0.05) is 42.7 Å². The average molecular weight is 689 g/mol. The van der Waals surface area contributed by atoms with E-state index in [-0.39, 0.29) is 0 Å². The fourth-order valence-electron chi connectivity index (χ4n) is 7.48. The highest BCUT2D eigenvalue weighted by Crippen LogP contribution is 2.49. The molecule has 0 aliphatic heterocycles. The lowest BCUT2D eigenvalue weighted by atomic mass is 10.1. The molecule has 12 aromatic rings. The number of thiophene rings is 4. The molecule has 0 N–H and O–H groups in total. The quantitative estimate of drug-likeness (QED) is 0.185. The van der Waals surface area contributed by atoms with Crippen LogP contribution in [0.15, 0.2) is 129 Å². The minimum atomic E-state index is 0.918. The average Bonchev–Trinajstić information content (AvgIpc) is 3.95. The molecule has 0 spiro atoms. The van der Waals surface area contributed by atoms with Gasteiger partial charge in [0.05, 0.1) is 40.9 Å². The Hall–Kier alpha value is -5.12. The first-order chi connectivity index (χ1) is 23.8. The van der Waals surface area contributed by atoms with Crippen LogP contribution in [0.5, 0.6) is 0 Å². The van der Waals surface area contributed by atoms with E-state index < -0.39 is 0 Å². The van der Waals surface area contributed by atoms with Gasteiger partial charge in [0.25, 0.3) is 0 Å². The van der Waals surface area contributed by atoms with Gasteiger partial charge in [0.15, 0.2) is 0 Å². The zero-order valence-electron chi connectivity index (χ0n) is 24.9. The van der Waals surface area contributed by atoms with Crippen molar-refractivity contribution >= 4 is 130 Å². The van der Waals surface area contributed by atoms with Crippen LogP contribution in [0.4, 0.5) is 0 Å². The summed E-state index contributed by atoms with van der Waals surface area (Å²) in [6, 6.07) is 39.1. The first-order valence-corrected chi connectivity index (χ1v) is 19.0. The molecule has 0 atom stereocenters. The molecule has 0 saturated heterocycles. The molecular formula is C40H20N2O2S4. The minimum Gasteiger partial charge on any atom is -0.456 e. The van der Waals surface area contributed by atoms with E-state index in [1.165, 1.54) is 50.6 Å². The third-order valence-electron chi connectivity index (χ3n) is 9.57. The van der Waals surface area contributed by atoms with Crippen LogP contribution in [0.3, 0.4) is 0 Å². The van der Waals surface area contributed by atoms with Crippen molar-refractivity contribution in [1.82, 2.24) is 9.13 Å².